The number of nitrogens with one attached hydrogen (secondary N) is 1. The van der Waals surface area contributed by atoms with Gasteiger partial charge >= 0.3 is 0 Å². The molecule has 0 aliphatic carbocycles. The first-order valence-corrected chi connectivity index (χ1v) is 7.40. The van der Waals surface area contributed by atoms with Crippen LogP contribution in [-0.4, -0.2) is 45.2 Å². The number of sulfonamides is 1. The Labute approximate surface area is 93.1 Å². The summed E-state index contributed by atoms with van der Waals surface area (Å²) in [6.07, 6.45) is 2.27. The summed E-state index contributed by atoms with van der Waals surface area (Å²) in [5, 5.41) is 3.38. The highest BCUT2D eigenvalue weighted by molar-refractivity contribution is 7.88. The molecule has 0 bridgehead atoms. The quantitative estimate of drug-likeness (QED) is 0.754. The molecule has 5 heteroatoms. The first-order chi connectivity index (χ1) is 6.89. The average molecular weight is 234 g/mol. The molecule has 1 N–H and O–H groups in total. The van der Waals surface area contributed by atoms with Crippen LogP contribution in [0.3, 0.4) is 0 Å². The predicted octanol–water partition coefficient (Wildman–Crippen LogP) is 0.513. The molecule has 0 aromatic carbocycles. The van der Waals surface area contributed by atoms with Gasteiger partial charge in [0, 0.05) is 13.1 Å². The lowest BCUT2D eigenvalue weighted by molar-refractivity contribution is 0.437. The molecule has 0 spiro atoms. The average Bonchev–Trinajstić information content (AvgIpc) is 2.51. The van der Waals surface area contributed by atoms with Crippen molar-refractivity contribution >= 4 is 10.0 Å². The van der Waals surface area contributed by atoms with Crippen LogP contribution in [0, 0.1) is 11.8 Å². The standard InChI is InChI=1S/C10H22N2O2S/c1-9(2)6-11-7-10-4-5-12(8-10)15(3,13)14/h9-11H,4-8H2,1-3H3. The van der Waals surface area contributed by atoms with Crippen LogP contribution < -0.4 is 5.32 Å². The van der Waals surface area contributed by atoms with Gasteiger partial charge in [0.1, 0.15) is 0 Å². The van der Waals surface area contributed by atoms with Crippen LogP contribution in [0.2, 0.25) is 0 Å². The minimum absolute atomic E-state index is 0.485. The van der Waals surface area contributed by atoms with Gasteiger partial charge in [-0.25, -0.2) is 12.7 Å². The number of rotatable bonds is 5. The van der Waals surface area contributed by atoms with Crippen molar-refractivity contribution in [2.24, 2.45) is 11.8 Å². The fraction of sp³-hybridized carbons (Fsp3) is 1.00. The van der Waals surface area contributed by atoms with Gasteiger partial charge in [0.2, 0.25) is 10.0 Å². The Morgan fingerprint density at radius 1 is 1.47 bits per heavy atom. The topological polar surface area (TPSA) is 49.4 Å². The van der Waals surface area contributed by atoms with E-state index in [1.165, 1.54) is 6.26 Å². The minimum Gasteiger partial charge on any atom is -0.316 e. The van der Waals surface area contributed by atoms with Crippen molar-refractivity contribution in [3.05, 3.63) is 0 Å². The predicted molar refractivity (Wildman–Crippen MR) is 62.2 cm³/mol. The molecule has 1 unspecified atom stereocenters. The Kier molecular flexibility index (Phi) is 4.55. The van der Waals surface area contributed by atoms with Crippen LogP contribution in [0.15, 0.2) is 0 Å². The summed E-state index contributed by atoms with van der Waals surface area (Å²) in [6, 6.07) is 0. The van der Waals surface area contributed by atoms with Crippen molar-refractivity contribution < 1.29 is 8.42 Å². The Balaban J connectivity index is 2.25. The zero-order valence-corrected chi connectivity index (χ0v) is 10.7. The van der Waals surface area contributed by atoms with E-state index < -0.39 is 10.0 Å². The van der Waals surface area contributed by atoms with Gasteiger partial charge in [-0.15, -0.1) is 0 Å². The normalized spacial score (nSPS) is 23.9. The highest BCUT2D eigenvalue weighted by Gasteiger charge is 2.27. The maximum atomic E-state index is 11.3. The molecule has 0 aromatic heterocycles. The third kappa shape index (κ3) is 4.49. The van der Waals surface area contributed by atoms with Crippen LogP contribution in [0.5, 0.6) is 0 Å². The Bertz CT molecular complexity index is 288. The van der Waals surface area contributed by atoms with E-state index in [0.717, 1.165) is 19.5 Å². The Morgan fingerprint density at radius 2 is 2.13 bits per heavy atom. The molecule has 1 heterocycles. The van der Waals surface area contributed by atoms with Crippen molar-refractivity contribution in [1.82, 2.24) is 9.62 Å². The first kappa shape index (κ1) is 12.9. The van der Waals surface area contributed by atoms with E-state index in [1.54, 1.807) is 4.31 Å². The van der Waals surface area contributed by atoms with Crippen molar-refractivity contribution in [2.45, 2.75) is 20.3 Å². The van der Waals surface area contributed by atoms with E-state index in [4.69, 9.17) is 0 Å². The van der Waals surface area contributed by atoms with Gasteiger partial charge in [0.15, 0.2) is 0 Å². The largest absolute Gasteiger partial charge is 0.316 e. The van der Waals surface area contributed by atoms with Gasteiger partial charge in [0.25, 0.3) is 0 Å². The lowest BCUT2D eigenvalue weighted by atomic mass is 10.1. The van der Waals surface area contributed by atoms with Crippen molar-refractivity contribution in [2.75, 3.05) is 32.4 Å². The second-order valence-corrected chi connectivity index (χ2v) is 6.81. The van der Waals surface area contributed by atoms with Crippen LogP contribution >= 0.6 is 0 Å². The lowest BCUT2D eigenvalue weighted by Crippen LogP contribution is -2.31. The minimum atomic E-state index is -2.97. The third-order valence-corrected chi connectivity index (χ3v) is 3.97. The summed E-state index contributed by atoms with van der Waals surface area (Å²) in [5.74, 6) is 1.14. The van der Waals surface area contributed by atoms with Crippen LogP contribution in [0.25, 0.3) is 0 Å². The zero-order chi connectivity index (χ0) is 11.5. The molecule has 1 fully saturated rings. The molecule has 1 saturated heterocycles. The number of nitrogens with zero attached hydrogens (tertiary/aromatic N) is 1. The molecule has 1 aliphatic heterocycles. The van der Waals surface area contributed by atoms with E-state index in [0.29, 0.717) is 24.9 Å². The maximum absolute atomic E-state index is 11.3. The monoisotopic (exact) mass is 234 g/mol. The zero-order valence-electron chi connectivity index (χ0n) is 9.86. The molecule has 4 nitrogen and oxygen atoms in total. The number of hydrogen-bond acceptors (Lipinski definition) is 3. The van der Waals surface area contributed by atoms with E-state index in [2.05, 4.69) is 19.2 Å². The smallest absolute Gasteiger partial charge is 0.211 e. The molecule has 1 atom stereocenters. The summed E-state index contributed by atoms with van der Waals surface area (Å²) in [5.41, 5.74) is 0. The fourth-order valence-corrected chi connectivity index (χ4v) is 2.76. The lowest BCUT2D eigenvalue weighted by Gasteiger charge is -2.14. The second-order valence-electron chi connectivity index (χ2n) is 4.83. The van der Waals surface area contributed by atoms with Crippen molar-refractivity contribution in [3.63, 3.8) is 0 Å². The Morgan fingerprint density at radius 3 is 2.60 bits per heavy atom. The molecule has 1 aliphatic rings. The summed E-state index contributed by atoms with van der Waals surface area (Å²) >= 11 is 0. The van der Waals surface area contributed by atoms with E-state index in [1.807, 2.05) is 0 Å². The van der Waals surface area contributed by atoms with Gasteiger partial charge in [0.05, 0.1) is 6.26 Å². The summed E-state index contributed by atoms with van der Waals surface area (Å²) in [7, 11) is -2.97. The van der Waals surface area contributed by atoms with E-state index in [-0.39, 0.29) is 0 Å². The van der Waals surface area contributed by atoms with Gasteiger partial charge in [-0.05, 0) is 31.3 Å². The molecule has 0 amide bonds. The van der Waals surface area contributed by atoms with Crippen molar-refractivity contribution in [3.8, 4) is 0 Å². The van der Waals surface area contributed by atoms with Crippen molar-refractivity contribution in [1.29, 1.82) is 0 Å². The summed E-state index contributed by atoms with van der Waals surface area (Å²) in [6.45, 7) is 7.66. The molecular weight excluding hydrogens is 212 g/mol. The molecule has 15 heavy (non-hydrogen) atoms. The van der Waals surface area contributed by atoms with Crippen LogP contribution in [0.1, 0.15) is 20.3 Å². The first-order valence-electron chi connectivity index (χ1n) is 5.55. The maximum Gasteiger partial charge on any atom is 0.211 e. The SMILES string of the molecule is CC(C)CNCC1CCN(S(C)(=O)=O)C1. The number of hydrogen-bond donors (Lipinski definition) is 1. The third-order valence-electron chi connectivity index (χ3n) is 2.70. The highest BCUT2D eigenvalue weighted by atomic mass is 32.2. The van der Waals surface area contributed by atoms with E-state index in [9.17, 15) is 8.42 Å². The van der Waals surface area contributed by atoms with Crippen LogP contribution in [0.4, 0.5) is 0 Å². The fourth-order valence-electron chi connectivity index (χ4n) is 1.84. The summed E-state index contributed by atoms with van der Waals surface area (Å²) < 4.78 is 24.1. The molecule has 0 saturated carbocycles. The molecule has 1 rings (SSSR count). The van der Waals surface area contributed by atoms with Gasteiger partial charge < -0.3 is 5.32 Å². The van der Waals surface area contributed by atoms with Gasteiger partial charge in [-0.2, -0.15) is 0 Å². The van der Waals surface area contributed by atoms with Gasteiger partial charge in [-0.3, -0.25) is 0 Å². The molecule has 90 valence electrons. The molecular formula is C10H22N2O2S. The Hall–Kier alpha value is -0.130. The second kappa shape index (κ2) is 5.27. The molecule has 0 aromatic rings. The van der Waals surface area contributed by atoms with E-state index >= 15 is 0 Å². The van der Waals surface area contributed by atoms with Crippen LogP contribution in [-0.2, 0) is 10.0 Å². The highest BCUT2D eigenvalue weighted by Crippen LogP contribution is 2.17. The van der Waals surface area contributed by atoms with Gasteiger partial charge in [-0.1, -0.05) is 13.8 Å². The summed E-state index contributed by atoms with van der Waals surface area (Å²) in [4.78, 5) is 0. The molecule has 0 radical (unpaired) electrons.